The van der Waals surface area contributed by atoms with Crippen molar-refractivity contribution in [3.8, 4) is 0 Å². The highest BCUT2D eigenvalue weighted by Gasteiger charge is 2.42. The molecule has 4 nitrogen and oxygen atoms in total. The van der Waals surface area contributed by atoms with Gasteiger partial charge in [0.1, 0.15) is 4.90 Å². The lowest BCUT2D eigenvalue weighted by molar-refractivity contribution is -0.143. The van der Waals surface area contributed by atoms with Crippen molar-refractivity contribution in [2.45, 2.75) is 23.5 Å². The second kappa shape index (κ2) is 7.27. The summed E-state index contributed by atoms with van der Waals surface area (Å²) in [6.07, 6.45) is -3.92. The molecule has 0 bridgehead atoms. The Morgan fingerprint density at radius 3 is 2.34 bits per heavy atom. The van der Waals surface area contributed by atoms with Crippen LogP contribution in [0, 0.1) is 0 Å². The fourth-order valence-electron chi connectivity index (χ4n) is 3.68. The molecule has 8 heteroatoms. The lowest BCUT2D eigenvalue weighted by Gasteiger charge is -2.34. The lowest BCUT2D eigenvalue weighted by atomic mass is 9.86. The van der Waals surface area contributed by atoms with Gasteiger partial charge in [-0.25, -0.2) is 8.42 Å². The minimum atomic E-state index is -4.86. The molecule has 1 aliphatic rings. The Labute approximate surface area is 166 Å². The van der Waals surface area contributed by atoms with Crippen molar-refractivity contribution in [1.82, 2.24) is 9.29 Å². The zero-order valence-corrected chi connectivity index (χ0v) is 16.0. The summed E-state index contributed by atoms with van der Waals surface area (Å²) >= 11 is 0. The van der Waals surface area contributed by atoms with Crippen LogP contribution in [0.3, 0.4) is 0 Å². The maximum absolute atomic E-state index is 13.4. The van der Waals surface area contributed by atoms with Crippen LogP contribution in [-0.2, 0) is 22.7 Å². The maximum Gasteiger partial charge on any atom is 0.434 e. The second-order valence-electron chi connectivity index (χ2n) is 6.81. The Bertz CT molecular complexity index is 1130. The second-order valence-corrected chi connectivity index (χ2v) is 8.71. The molecule has 1 unspecified atom stereocenters. The summed E-state index contributed by atoms with van der Waals surface area (Å²) in [5.41, 5.74) is 1.26. The van der Waals surface area contributed by atoms with Gasteiger partial charge in [0, 0.05) is 25.2 Å². The predicted octanol–water partition coefficient (Wildman–Crippen LogP) is 4.44. The zero-order valence-electron chi connectivity index (χ0n) is 15.2. The minimum Gasteiger partial charge on any atom is -0.250 e. The topological polar surface area (TPSA) is 50.3 Å². The molecule has 0 saturated carbocycles. The molecule has 4 rings (SSSR count). The Kier molecular flexibility index (Phi) is 4.92. The highest BCUT2D eigenvalue weighted by Crippen LogP contribution is 2.38. The van der Waals surface area contributed by atoms with Crippen molar-refractivity contribution >= 4 is 10.0 Å². The first-order valence-corrected chi connectivity index (χ1v) is 10.4. The van der Waals surface area contributed by atoms with Crippen LogP contribution in [0.2, 0.25) is 0 Å². The first-order chi connectivity index (χ1) is 13.8. The van der Waals surface area contributed by atoms with E-state index in [4.69, 9.17) is 0 Å². The largest absolute Gasteiger partial charge is 0.434 e. The smallest absolute Gasteiger partial charge is 0.250 e. The molecule has 2 aromatic carbocycles. The number of hydrogen-bond donors (Lipinski definition) is 0. The SMILES string of the molecule is O=S(=O)(c1cccnc1C(F)(F)F)N1Cc2ccccc2C(c2ccccc2)C1. The van der Waals surface area contributed by atoms with Crippen LogP contribution in [0.5, 0.6) is 0 Å². The summed E-state index contributed by atoms with van der Waals surface area (Å²) in [6, 6.07) is 18.9. The third-order valence-corrected chi connectivity index (χ3v) is 6.87. The molecule has 2 heterocycles. The van der Waals surface area contributed by atoms with Crippen molar-refractivity contribution < 1.29 is 21.6 Å². The minimum absolute atomic E-state index is 0.00797. The van der Waals surface area contributed by atoms with Gasteiger partial charge in [-0.2, -0.15) is 17.5 Å². The normalized spacial score (nSPS) is 17.7. The molecule has 0 saturated heterocycles. The summed E-state index contributed by atoms with van der Waals surface area (Å²) in [6.45, 7) is 0.0591. The van der Waals surface area contributed by atoms with E-state index in [0.717, 1.165) is 33.3 Å². The molecule has 0 fully saturated rings. The van der Waals surface area contributed by atoms with Gasteiger partial charge in [-0.3, -0.25) is 4.98 Å². The van der Waals surface area contributed by atoms with Crippen LogP contribution in [-0.4, -0.2) is 24.3 Å². The van der Waals surface area contributed by atoms with Crippen molar-refractivity contribution in [3.63, 3.8) is 0 Å². The van der Waals surface area contributed by atoms with Gasteiger partial charge < -0.3 is 0 Å². The summed E-state index contributed by atoms with van der Waals surface area (Å²) in [5, 5.41) is 0. The first-order valence-electron chi connectivity index (χ1n) is 8.93. The van der Waals surface area contributed by atoms with Crippen LogP contribution in [0.15, 0.2) is 77.8 Å². The van der Waals surface area contributed by atoms with Crippen LogP contribution in [0.4, 0.5) is 13.2 Å². The van der Waals surface area contributed by atoms with E-state index in [1.54, 1.807) is 12.1 Å². The summed E-state index contributed by atoms with van der Waals surface area (Å²) in [7, 11) is -4.41. The molecular formula is C21H17F3N2O2S. The van der Waals surface area contributed by atoms with Crippen molar-refractivity contribution in [3.05, 3.63) is 95.3 Å². The van der Waals surface area contributed by atoms with Crippen molar-refractivity contribution in [2.24, 2.45) is 0 Å². The molecule has 150 valence electrons. The van der Waals surface area contributed by atoms with Crippen LogP contribution < -0.4 is 0 Å². The van der Waals surface area contributed by atoms with Gasteiger partial charge in [0.25, 0.3) is 0 Å². The van der Waals surface area contributed by atoms with Crippen LogP contribution >= 0.6 is 0 Å². The number of pyridine rings is 1. The molecular weight excluding hydrogens is 401 g/mol. The van der Waals surface area contributed by atoms with E-state index in [1.807, 2.05) is 42.5 Å². The predicted molar refractivity (Wildman–Crippen MR) is 102 cm³/mol. The highest BCUT2D eigenvalue weighted by molar-refractivity contribution is 7.89. The van der Waals surface area contributed by atoms with E-state index in [0.29, 0.717) is 0 Å². The monoisotopic (exact) mass is 418 g/mol. The van der Waals surface area contributed by atoms with Gasteiger partial charge in [-0.15, -0.1) is 0 Å². The maximum atomic E-state index is 13.4. The summed E-state index contributed by atoms with van der Waals surface area (Å²) in [5.74, 6) is -0.276. The van der Waals surface area contributed by atoms with Crippen molar-refractivity contribution in [1.29, 1.82) is 0 Å². The number of fused-ring (bicyclic) bond motifs is 1. The van der Waals surface area contributed by atoms with E-state index in [2.05, 4.69) is 4.98 Å². The Morgan fingerprint density at radius 2 is 1.62 bits per heavy atom. The van der Waals surface area contributed by atoms with Gasteiger partial charge in [-0.05, 0) is 28.8 Å². The van der Waals surface area contributed by atoms with E-state index in [9.17, 15) is 21.6 Å². The molecule has 29 heavy (non-hydrogen) atoms. The number of benzene rings is 2. The molecule has 0 aliphatic carbocycles. The van der Waals surface area contributed by atoms with Gasteiger partial charge >= 0.3 is 6.18 Å². The first kappa shape index (κ1) is 19.6. The van der Waals surface area contributed by atoms with E-state index >= 15 is 0 Å². The number of sulfonamides is 1. The van der Waals surface area contributed by atoms with Crippen LogP contribution in [0.1, 0.15) is 28.3 Å². The van der Waals surface area contributed by atoms with Gasteiger partial charge in [0.15, 0.2) is 5.69 Å². The van der Waals surface area contributed by atoms with Gasteiger partial charge in [-0.1, -0.05) is 54.6 Å². The Morgan fingerprint density at radius 1 is 0.931 bits per heavy atom. The summed E-state index contributed by atoms with van der Waals surface area (Å²) in [4.78, 5) is 2.48. The van der Waals surface area contributed by atoms with Gasteiger partial charge in [0.05, 0.1) is 0 Å². The average molecular weight is 418 g/mol. The molecule has 0 amide bonds. The fraction of sp³-hybridized carbons (Fsp3) is 0.190. The molecule has 0 spiro atoms. The Balaban J connectivity index is 1.81. The third-order valence-electron chi connectivity index (χ3n) is 5.02. The molecule has 1 atom stereocenters. The number of rotatable bonds is 3. The molecule has 0 radical (unpaired) electrons. The van der Waals surface area contributed by atoms with E-state index < -0.39 is 26.8 Å². The molecule has 0 N–H and O–H groups in total. The average Bonchev–Trinajstić information content (AvgIpc) is 2.73. The number of nitrogens with zero attached hydrogens (tertiary/aromatic N) is 2. The number of aromatic nitrogens is 1. The zero-order chi connectivity index (χ0) is 20.6. The van der Waals surface area contributed by atoms with E-state index in [1.165, 1.54) is 6.07 Å². The molecule has 3 aromatic rings. The highest BCUT2D eigenvalue weighted by atomic mass is 32.2. The standard InChI is InChI=1S/C21H17F3N2O2S/c22-21(23,24)20-19(11-6-12-25-20)29(27,28)26-13-16-9-4-5-10-17(16)18(14-26)15-7-2-1-3-8-15/h1-12,18H,13-14H2. The Hall–Kier alpha value is -2.71. The van der Waals surface area contributed by atoms with Crippen molar-refractivity contribution in [2.75, 3.05) is 6.54 Å². The van der Waals surface area contributed by atoms with Gasteiger partial charge in [0.2, 0.25) is 10.0 Å². The fourth-order valence-corrected chi connectivity index (χ4v) is 5.27. The quantitative estimate of drug-likeness (QED) is 0.632. The molecule has 1 aromatic heterocycles. The third kappa shape index (κ3) is 3.65. The number of alkyl halides is 3. The van der Waals surface area contributed by atoms with Crippen LogP contribution in [0.25, 0.3) is 0 Å². The lowest BCUT2D eigenvalue weighted by Crippen LogP contribution is -2.39. The number of hydrogen-bond acceptors (Lipinski definition) is 3. The molecule has 1 aliphatic heterocycles. The summed E-state index contributed by atoms with van der Waals surface area (Å²) < 4.78 is 67.7. The van der Waals surface area contributed by atoms with E-state index in [-0.39, 0.29) is 19.0 Å². The number of halogens is 3.